The van der Waals surface area contributed by atoms with Gasteiger partial charge >= 0.3 is 0 Å². The molecule has 92 valence electrons. The minimum Gasteiger partial charge on any atom is -0.313 e. The average Bonchev–Trinajstić information content (AvgIpc) is 3.04. The third kappa shape index (κ3) is 1.87. The van der Waals surface area contributed by atoms with Crippen molar-refractivity contribution in [3.05, 3.63) is 35.6 Å². The first-order valence-corrected chi connectivity index (χ1v) is 6.44. The van der Waals surface area contributed by atoms with E-state index >= 15 is 0 Å². The van der Waals surface area contributed by atoms with Gasteiger partial charge in [-0.05, 0) is 44.0 Å². The van der Waals surface area contributed by atoms with E-state index in [0.717, 1.165) is 18.7 Å². The first kappa shape index (κ1) is 11.2. The van der Waals surface area contributed by atoms with E-state index in [1.54, 1.807) is 6.07 Å². The number of benzene rings is 1. The molecule has 1 aliphatic carbocycles. The molecule has 1 saturated heterocycles. The molecule has 3 heteroatoms. The van der Waals surface area contributed by atoms with Crippen molar-refractivity contribution < 1.29 is 4.39 Å². The van der Waals surface area contributed by atoms with Crippen LogP contribution in [0.5, 0.6) is 0 Å². The number of hydrogen-bond donors (Lipinski definition) is 1. The van der Waals surface area contributed by atoms with Crippen molar-refractivity contribution in [1.29, 1.82) is 0 Å². The fraction of sp³-hybridized carbons (Fsp3) is 0.571. The molecule has 0 spiro atoms. The third-order valence-electron chi connectivity index (χ3n) is 4.23. The number of hydrogen-bond acceptors (Lipinski definition) is 2. The average molecular weight is 234 g/mol. The molecule has 3 rings (SSSR count). The van der Waals surface area contributed by atoms with Crippen molar-refractivity contribution in [2.45, 2.75) is 30.8 Å². The van der Waals surface area contributed by atoms with Crippen molar-refractivity contribution in [3.63, 3.8) is 0 Å². The van der Waals surface area contributed by atoms with Crippen LogP contribution in [0.25, 0.3) is 0 Å². The number of likely N-dealkylation sites (N-methyl/N-ethyl adjacent to an activating group) is 1. The standard InChI is InChI=1S/C14H19FN2/c1-16-14(6-7-14)13(17-8-3-9-17)11-4-2-5-12(15)10-11/h2,4-5,10,13,16H,3,6-9H2,1H3. The highest BCUT2D eigenvalue weighted by molar-refractivity contribution is 5.28. The third-order valence-corrected chi connectivity index (χ3v) is 4.23. The zero-order chi connectivity index (χ0) is 11.9. The predicted molar refractivity (Wildman–Crippen MR) is 66.4 cm³/mol. The summed E-state index contributed by atoms with van der Waals surface area (Å²) in [6.45, 7) is 2.29. The number of rotatable bonds is 4. The molecule has 1 aromatic carbocycles. The molecule has 0 aromatic heterocycles. The molecule has 1 saturated carbocycles. The highest BCUT2D eigenvalue weighted by Gasteiger charge is 2.51. The van der Waals surface area contributed by atoms with Crippen molar-refractivity contribution in [3.8, 4) is 0 Å². The Bertz CT molecular complexity index is 410. The second-order valence-corrected chi connectivity index (χ2v) is 5.25. The van der Waals surface area contributed by atoms with Gasteiger partial charge < -0.3 is 5.32 Å². The Balaban J connectivity index is 1.93. The lowest BCUT2D eigenvalue weighted by Crippen LogP contribution is -2.50. The van der Waals surface area contributed by atoms with Crippen molar-refractivity contribution in [2.75, 3.05) is 20.1 Å². The summed E-state index contributed by atoms with van der Waals surface area (Å²) >= 11 is 0. The van der Waals surface area contributed by atoms with Gasteiger partial charge in [-0.3, -0.25) is 4.90 Å². The molecule has 1 atom stereocenters. The molecule has 1 aromatic rings. The van der Waals surface area contributed by atoms with Gasteiger partial charge in [-0.15, -0.1) is 0 Å². The van der Waals surface area contributed by atoms with E-state index in [1.807, 2.05) is 13.1 Å². The minimum atomic E-state index is -0.125. The number of nitrogens with one attached hydrogen (secondary N) is 1. The Morgan fingerprint density at radius 1 is 1.35 bits per heavy atom. The monoisotopic (exact) mass is 234 g/mol. The van der Waals surface area contributed by atoms with Gasteiger partial charge in [0.25, 0.3) is 0 Å². The fourth-order valence-corrected chi connectivity index (χ4v) is 2.95. The Morgan fingerprint density at radius 3 is 2.59 bits per heavy atom. The van der Waals surface area contributed by atoms with Gasteiger partial charge in [-0.2, -0.15) is 0 Å². The Morgan fingerprint density at radius 2 is 2.12 bits per heavy atom. The fourth-order valence-electron chi connectivity index (χ4n) is 2.95. The van der Waals surface area contributed by atoms with E-state index in [0.29, 0.717) is 6.04 Å². The molecule has 2 aliphatic rings. The van der Waals surface area contributed by atoms with E-state index < -0.39 is 0 Å². The second-order valence-electron chi connectivity index (χ2n) is 5.25. The maximum absolute atomic E-state index is 13.4. The summed E-state index contributed by atoms with van der Waals surface area (Å²) in [6.07, 6.45) is 3.66. The molecule has 0 bridgehead atoms. The zero-order valence-electron chi connectivity index (χ0n) is 10.2. The van der Waals surface area contributed by atoms with Crippen LogP contribution in [-0.4, -0.2) is 30.6 Å². The number of halogens is 1. The molecule has 1 N–H and O–H groups in total. The highest BCUT2D eigenvalue weighted by atomic mass is 19.1. The van der Waals surface area contributed by atoms with Gasteiger partial charge in [0.05, 0.1) is 6.04 Å². The van der Waals surface area contributed by atoms with E-state index in [-0.39, 0.29) is 11.4 Å². The molecule has 0 radical (unpaired) electrons. The van der Waals surface area contributed by atoms with E-state index in [9.17, 15) is 4.39 Å². The van der Waals surface area contributed by atoms with Crippen molar-refractivity contribution in [2.24, 2.45) is 0 Å². The molecule has 17 heavy (non-hydrogen) atoms. The van der Waals surface area contributed by atoms with Crippen LogP contribution >= 0.6 is 0 Å². The van der Waals surface area contributed by atoms with E-state index in [2.05, 4.69) is 16.3 Å². The molecule has 2 fully saturated rings. The Hall–Kier alpha value is -0.930. The van der Waals surface area contributed by atoms with Gasteiger partial charge in [0.2, 0.25) is 0 Å². The van der Waals surface area contributed by atoms with Crippen LogP contribution in [0.1, 0.15) is 30.9 Å². The summed E-state index contributed by atoms with van der Waals surface area (Å²) in [4.78, 5) is 2.47. The minimum absolute atomic E-state index is 0.125. The van der Waals surface area contributed by atoms with Gasteiger partial charge in [0.1, 0.15) is 5.82 Å². The molecule has 1 aliphatic heterocycles. The van der Waals surface area contributed by atoms with Crippen LogP contribution in [-0.2, 0) is 0 Å². The summed E-state index contributed by atoms with van der Waals surface area (Å²) in [5.74, 6) is -0.125. The maximum atomic E-state index is 13.4. The highest BCUT2D eigenvalue weighted by Crippen LogP contribution is 2.49. The lowest BCUT2D eigenvalue weighted by molar-refractivity contribution is 0.0838. The Kier molecular flexibility index (Phi) is 2.68. The topological polar surface area (TPSA) is 15.3 Å². The second kappa shape index (κ2) is 4.07. The molecule has 1 unspecified atom stereocenters. The van der Waals surface area contributed by atoms with Crippen LogP contribution in [0.4, 0.5) is 4.39 Å². The number of nitrogens with zero attached hydrogens (tertiary/aromatic N) is 1. The number of likely N-dealkylation sites (tertiary alicyclic amines) is 1. The van der Waals surface area contributed by atoms with Gasteiger partial charge in [-0.25, -0.2) is 4.39 Å². The van der Waals surface area contributed by atoms with E-state index in [1.165, 1.54) is 25.3 Å². The van der Waals surface area contributed by atoms with Crippen LogP contribution in [0, 0.1) is 5.82 Å². The Labute approximate surface area is 102 Å². The summed E-state index contributed by atoms with van der Waals surface area (Å²) in [7, 11) is 2.03. The van der Waals surface area contributed by atoms with Gasteiger partial charge in [-0.1, -0.05) is 12.1 Å². The summed E-state index contributed by atoms with van der Waals surface area (Å²) in [5, 5.41) is 3.46. The molecular formula is C14H19FN2. The van der Waals surface area contributed by atoms with Gasteiger partial charge in [0.15, 0.2) is 0 Å². The summed E-state index contributed by atoms with van der Waals surface area (Å²) in [5.41, 5.74) is 1.31. The lowest BCUT2D eigenvalue weighted by Gasteiger charge is -2.43. The molecule has 0 amide bonds. The predicted octanol–water partition coefficient (Wildman–Crippen LogP) is 2.32. The van der Waals surface area contributed by atoms with Crippen LogP contribution in [0.3, 0.4) is 0 Å². The largest absolute Gasteiger partial charge is 0.313 e. The van der Waals surface area contributed by atoms with Crippen molar-refractivity contribution >= 4 is 0 Å². The quantitative estimate of drug-likeness (QED) is 0.860. The lowest BCUT2D eigenvalue weighted by atomic mass is 9.92. The van der Waals surface area contributed by atoms with Crippen LogP contribution < -0.4 is 5.32 Å². The normalized spacial score (nSPS) is 24.1. The maximum Gasteiger partial charge on any atom is 0.123 e. The first-order valence-electron chi connectivity index (χ1n) is 6.44. The first-order chi connectivity index (χ1) is 8.25. The molecule has 2 nitrogen and oxygen atoms in total. The molecule has 1 heterocycles. The zero-order valence-corrected chi connectivity index (χ0v) is 10.2. The van der Waals surface area contributed by atoms with Gasteiger partial charge in [0, 0.05) is 18.6 Å². The van der Waals surface area contributed by atoms with Crippen molar-refractivity contribution in [1.82, 2.24) is 10.2 Å². The summed E-state index contributed by atoms with van der Waals surface area (Å²) in [6, 6.07) is 7.44. The smallest absolute Gasteiger partial charge is 0.123 e. The van der Waals surface area contributed by atoms with Crippen LogP contribution in [0.15, 0.2) is 24.3 Å². The summed E-state index contributed by atoms with van der Waals surface area (Å²) < 4.78 is 13.4. The van der Waals surface area contributed by atoms with E-state index in [4.69, 9.17) is 0 Å². The SMILES string of the molecule is CNC1(C(c2cccc(F)c2)N2CCC2)CC1. The van der Waals surface area contributed by atoms with Crippen LogP contribution in [0.2, 0.25) is 0 Å². The molecular weight excluding hydrogens is 215 g/mol.